The fourth-order valence-electron chi connectivity index (χ4n) is 2.27. The summed E-state index contributed by atoms with van der Waals surface area (Å²) in [5.41, 5.74) is 0.931. The van der Waals surface area contributed by atoms with Gasteiger partial charge in [-0.3, -0.25) is 9.59 Å². The summed E-state index contributed by atoms with van der Waals surface area (Å²) in [6.45, 7) is 0.470. The average Bonchev–Trinajstić information content (AvgIpc) is 2.56. The van der Waals surface area contributed by atoms with E-state index < -0.39 is 0 Å². The van der Waals surface area contributed by atoms with E-state index in [1.165, 1.54) is 17.9 Å². The molecule has 1 N–H and O–H groups in total. The first-order valence-electron chi connectivity index (χ1n) is 7.39. The lowest BCUT2D eigenvalue weighted by atomic mass is 10.1. The number of nitrogens with zero attached hydrogens (tertiary/aromatic N) is 1. The molecule has 0 unspecified atom stereocenters. The molecular weight excluding hydrogens is 351 g/mol. The third kappa shape index (κ3) is 4.30. The molecule has 0 radical (unpaired) electrons. The first kappa shape index (κ1) is 18.4. The highest BCUT2D eigenvalue weighted by atomic mass is 35.5. The second-order valence-electron chi connectivity index (χ2n) is 5.29. The molecule has 0 aliphatic heterocycles. The fraction of sp³-hybridized carbons (Fsp3) is 0.294. The maximum Gasteiger partial charge on any atom is 0.293 e. The molecule has 1 aromatic carbocycles. The fourth-order valence-corrected chi connectivity index (χ4v) is 2.59. The normalized spacial score (nSPS) is 10.5. The highest BCUT2D eigenvalue weighted by Gasteiger charge is 2.15. The van der Waals surface area contributed by atoms with Gasteiger partial charge >= 0.3 is 0 Å². The van der Waals surface area contributed by atoms with Gasteiger partial charge in [0.1, 0.15) is 0 Å². The number of methoxy groups -OCH3 is 1. The van der Waals surface area contributed by atoms with Gasteiger partial charge in [-0.1, -0.05) is 29.3 Å². The van der Waals surface area contributed by atoms with Gasteiger partial charge < -0.3 is 14.6 Å². The lowest BCUT2D eigenvalue weighted by Gasteiger charge is -2.10. The maximum atomic E-state index is 12.2. The molecule has 5 nitrogen and oxygen atoms in total. The highest BCUT2D eigenvalue weighted by molar-refractivity contribution is 6.42. The molecule has 0 aliphatic rings. The quantitative estimate of drug-likeness (QED) is 0.797. The van der Waals surface area contributed by atoms with E-state index in [4.69, 9.17) is 27.9 Å². The van der Waals surface area contributed by atoms with E-state index in [1.54, 1.807) is 19.2 Å². The van der Waals surface area contributed by atoms with Crippen molar-refractivity contribution in [1.82, 2.24) is 9.88 Å². The van der Waals surface area contributed by atoms with E-state index in [2.05, 4.69) is 5.32 Å². The van der Waals surface area contributed by atoms with E-state index in [1.807, 2.05) is 12.1 Å². The Morgan fingerprint density at radius 2 is 2.00 bits per heavy atom. The zero-order valence-corrected chi connectivity index (χ0v) is 14.9. The van der Waals surface area contributed by atoms with Gasteiger partial charge in [0.2, 0.25) is 0 Å². The van der Waals surface area contributed by atoms with Crippen LogP contribution in [0.25, 0.3) is 0 Å². The third-order valence-electron chi connectivity index (χ3n) is 3.58. The molecule has 1 heterocycles. The molecule has 0 bridgehead atoms. The molecule has 2 rings (SSSR count). The van der Waals surface area contributed by atoms with Crippen molar-refractivity contribution in [2.75, 3.05) is 13.7 Å². The number of nitrogens with one attached hydrogen (secondary N) is 1. The molecule has 0 atom stereocenters. The monoisotopic (exact) mass is 368 g/mol. The van der Waals surface area contributed by atoms with Crippen molar-refractivity contribution in [3.05, 3.63) is 62.0 Å². The number of carbonyl (C=O) groups is 1. The van der Waals surface area contributed by atoms with Gasteiger partial charge in [-0.05, 0) is 36.6 Å². The number of rotatable bonds is 6. The van der Waals surface area contributed by atoms with Gasteiger partial charge in [0.25, 0.3) is 11.5 Å². The Hall–Kier alpha value is -1.98. The molecule has 128 valence electrons. The smallest absolute Gasteiger partial charge is 0.293 e. The Kier molecular flexibility index (Phi) is 6.29. The first-order valence-corrected chi connectivity index (χ1v) is 8.15. The molecule has 1 amide bonds. The van der Waals surface area contributed by atoms with Crippen molar-refractivity contribution in [2.45, 2.75) is 12.8 Å². The summed E-state index contributed by atoms with van der Waals surface area (Å²) in [6.07, 6.45) is 3.02. The number of hydrogen-bond acceptors (Lipinski definition) is 3. The molecule has 0 aliphatic carbocycles. The van der Waals surface area contributed by atoms with Crippen LogP contribution in [0.1, 0.15) is 22.3 Å². The minimum absolute atomic E-state index is 0.0435. The molecule has 0 saturated carbocycles. The standard InChI is InChI=1S/C17H18Cl2N2O3/c1-21-9-7-12(15(24-2)17(21)23)16(22)20-8-3-4-11-5-6-13(18)14(19)10-11/h5-7,9-10H,3-4,8H2,1-2H3,(H,20,22). The van der Waals surface area contributed by atoms with Crippen LogP contribution in [-0.4, -0.2) is 24.1 Å². The van der Waals surface area contributed by atoms with Gasteiger partial charge in [0.15, 0.2) is 5.75 Å². The topological polar surface area (TPSA) is 60.3 Å². The summed E-state index contributed by atoms with van der Waals surface area (Å²) in [7, 11) is 2.97. The zero-order valence-electron chi connectivity index (χ0n) is 13.4. The Bertz CT molecular complexity index is 803. The van der Waals surface area contributed by atoms with Crippen molar-refractivity contribution in [2.24, 2.45) is 7.05 Å². The first-order chi connectivity index (χ1) is 11.4. The SMILES string of the molecule is COc1c(C(=O)NCCCc2ccc(Cl)c(Cl)c2)ccn(C)c1=O. The van der Waals surface area contributed by atoms with Crippen LogP contribution < -0.4 is 15.6 Å². The van der Waals surface area contributed by atoms with Gasteiger partial charge in [-0.15, -0.1) is 0 Å². The molecule has 0 saturated heterocycles. The Balaban J connectivity index is 1.93. The number of aromatic nitrogens is 1. The second kappa shape index (κ2) is 8.22. The van der Waals surface area contributed by atoms with Crippen LogP contribution in [0, 0.1) is 0 Å². The van der Waals surface area contributed by atoms with Crippen molar-refractivity contribution in [1.29, 1.82) is 0 Å². The Morgan fingerprint density at radius 3 is 2.67 bits per heavy atom. The predicted octanol–water partition coefficient (Wildman–Crippen LogP) is 3.06. The third-order valence-corrected chi connectivity index (χ3v) is 4.32. The van der Waals surface area contributed by atoms with Crippen molar-refractivity contribution in [3.8, 4) is 5.75 Å². The summed E-state index contributed by atoms with van der Waals surface area (Å²) in [5, 5.41) is 3.83. The second-order valence-corrected chi connectivity index (χ2v) is 6.10. The van der Waals surface area contributed by atoms with E-state index in [0.29, 0.717) is 16.6 Å². The summed E-state index contributed by atoms with van der Waals surface area (Å²) in [6, 6.07) is 7.03. The van der Waals surface area contributed by atoms with Crippen LogP contribution in [0.4, 0.5) is 0 Å². The van der Waals surface area contributed by atoms with Crippen LogP contribution in [0.15, 0.2) is 35.3 Å². The van der Waals surface area contributed by atoms with Crippen LogP contribution in [0.3, 0.4) is 0 Å². The zero-order chi connectivity index (χ0) is 17.7. The van der Waals surface area contributed by atoms with Crippen molar-refractivity contribution in [3.63, 3.8) is 0 Å². The van der Waals surface area contributed by atoms with E-state index in [-0.39, 0.29) is 22.8 Å². The van der Waals surface area contributed by atoms with Crippen LogP contribution >= 0.6 is 23.2 Å². The summed E-state index contributed by atoms with van der Waals surface area (Å²) >= 11 is 11.8. The van der Waals surface area contributed by atoms with Crippen LogP contribution in [-0.2, 0) is 13.5 Å². The number of aryl methyl sites for hydroxylation is 2. The summed E-state index contributed by atoms with van der Waals surface area (Å²) in [4.78, 5) is 24.2. The predicted molar refractivity (Wildman–Crippen MR) is 95.4 cm³/mol. The number of hydrogen-bond donors (Lipinski definition) is 1. The summed E-state index contributed by atoms with van der Waals surface area (Å²) in [5.74, 6) is -0.291. The number of ether oxygens (including phenoxy) is 1. The highest BCUT2D eigenvalue weighted by Crippen LogP contribution is 2.23. The van der Waals surface area contributed by atoms with Gasteiger partial charge in [0.05, 0.1) is 22.7 Å². The number of amides is 1. The Morgan fingerprint density at radius 1 is 1.25 bits per heavy atom. The minimum atomic E-state index is -0.346. The van der Waals surface area contributed by atoms with Gasteiger partial charge in [-0.2, -0.15) is 0 Å². The van der Waals surface area contributed by atoms with Crippen LogP contribution in [0.5, 0.6) is 5.75 Å². The molecule has 0 fully saturated rings. The van der Waals surface area contributed by atoms with Gasteiger partial charge in [-0.25, -0.2) is 0 Å². The van der Waals surface area contributed by atoms with Gasteiger partial charge in [0, 0.05) is 19.8 Å². The number of halogens is 2. The van der Waals surface area contributed by atoms with Crippen molar-refractivity contribution < 1.29 is 9.53 Å². The lowest BCUT2D eigenvalue weighted by Crippen LogP contribution is -2.28. The largest absolute Gasteiger partial charge is 0.491 e. The molecule has 0 spiro atoms. The molecule has 7 heteroatoms. The van der Waals surface area contributed by atoms with Crippen LogP contribution in [0.2, 0.25) is 10.0 Å². The molecule has 1 aromatic heterocycles. The average molecular weight is 369 g/mol. The van der Waals surface area contributed by atoms with E-state index in [9.17, 15) is 9.59 Å². The van der Waals surface area contributed by atoms with E-state index >= 15 is 0 Å². The van der Waals surface area contributed by atoms with E-state index in [0.717, 1.165) is 18.4 Å². The molecule has 2 aromatic rings. The Labute approximate surface area is 150 Å². The molecular formula is C17H18Cl2N2O3. The number of pyridine rings is 1. The number of benzene rings is 1. The lowest BCUT2D eigenvalue weighted by molar-refractivity contribution is 0.0949. The molecule has 24 heavy (non-hydrogen) atoms. The van der Waals surface area contributed by atoms with Crippen molar-refractivity contribution >= 4 is 29.1 Å². The minimum Gasteiger partial charge on any atom is -0.491 e. The maximum absolute atomic E-state index is 12.2. The summed E-state index contributed by atoms with van der Waals surface area (Å²) < 4.78 is 6.42. The number of carbonyl (C=O) groups excluding carboxylic acids is 1.